The second-order valence-electron chi connectivity index (χ2n) is 0.231. The molecule has 0 saturated carbocycles. The highest BCUT2D eigenvalue weighted by atomic mass is 32.4. The molecule has 0 aliphatic heterocycles. The van der Waals surface area contributed by atoms with Gasteiger partial charge >= 0.3 is 0 Å². The molecule has 2 atom stereocenters. The van der Waals surface area contributed by atoms with Crippen LogP contribution in [0.25, 0.3) is 0 Å². The predicted octanol–water partition coefficient (Wildman–Crippen LogP) is 2.37. The summed E-state index contributed by atoms with van der Waals surface area (Å²) in [7, 11) is 7.89. The Bertz CT molecular complexity index is 15.2. The highest BCUT2D eigenvalue weighted by Crippen LogP contribution is 2.28. The molecular weight excluding hydrogens is 124 g/mol. The summed E-state index contributed by atoms with van der Waals surface area (Å²) < 4.78 is 0. The van der Waals surface area contributed by atoms with Crippen LogP contribution in [-0.2, 0) is 0 Å². The van der Waals surface area contributed by atoms with E-state index in [0.29, 0.717) is 0 Å². The molecule has 0 aromatic rings. The largest absolute Gasteiger partial charge is 0.0778 e. The van der Waals surface area contributed by atoms with Crippen molar-refractivity contribution in [3.8, 4) is 0 Å². The van der Waals surface area contributed by atoms with Crippen molar-refractivity contribution in [2.24, 2.45) is 0 Å². The van der Waals surface area contributed by atoms with Gasteiger partial charge in [0, 0.05) is 0 Å². The summed E-state index contributed by atoms with van der Waals surface area (Å²) in [6, 6.07) is 0. The third kappa shape index (κ3) is 3.46. The molecule has 0 aromatic carbocycles. The van der Waals surface area contributed by atoms with E-state index in [-0.39, 0.29) is 0 Å². The number of hydrogen-bond acceptors (Lipinski definition) is 0. The second-order valence-corrected chi connectivity index (χ2v) is 6.24. The van der Waals surface area contributed by atoms with Crippen molar-refractivity contribution in [1.29, 1.82) is 0 Å². The molecule has 0 rings (SSSR count). The Kier molecular flexibility index (Phi) is 6.09. The van der Waals surface area contributed by atoms with Crippen molar-refractivity contribution in [3.63, 3.8) is 0 Å². The zero-order valence-electron chi connectivity index (χ0n) is 2.05. The summed E-state index contributed by atoms with van der Waals surface area (Å²) >= 11 is 0. The Labute approximate surface area is 33.7 Å². The van der Waals surface area contributed by atoms with Crippen LogP contribution in [0, 0.1) is 0 Å². The molecule has 4 heteroatoms. The van der Waals surface area contributed by atoms with E-state index >= 15 is 0 Å². The predicted molar refractivity (Wildman–Crippen MR) is 33.3 cm³/mol. The third-order valence-corrected chi connectivity index (χ3v) is 5.40. The molecule has 0 N–H and O–H groups in total. The molecule has 4 heavy (non-hydrogen) atoms. The molecule has 2 unspecified atom stereocenters. The molecule has 0 aliphatic carbocycles. The van der Waals surface area contributed by atoms with Crippen LogP contribution < -0.4 is 0 Å². The molecule has 0 amide bonds. The van der Waals surface area contributed by atoms with Crippen molar-refractivity contribution in [2.45, 2.75) is 0 Å². The van der Waals surface area contributed by atoms with E-state index in [4.69, 9.17) is 0 Å². The normalized spacial score (nSPS) is 9.50. The Morgan fingerprint density at radius 3 is 1.25 bits per heavy atom. The van der Waals surface area contributed by atoms with Gasteiger partial charge in [-0.05, 0) is 0 Å². The summed E-state index contributed by atoms with van der Waals surface area (Å²) in [5.74, 6) is 0. The zero-order chi connectivity index (χ0) is 3.41. The van der Waals surface area contributed by atoms with Crippen molar-refractivity contribution >= 4 is 33.0 Å². The van der Waals surface area contributed by atoms with Crippen molar-refractivity contribution in [3.05, 3.63) is 0 Å². The monoisotopic (exact) mass is 128 g/mol. The topological polar surface area (TPSA) is 0 Å². The van der Waals surface area contributed by atoms with E-state index in [1.165, 1.54) is 15.1 Å². The molecule has 0 spiro atoms. The summed E-state index contributed by atoms with van der Waals surface area (Å²) in [6.45, 7) is 0. The van der Waals surface area contributed by atoms with Crippen molar-refractivity contribution in [2.75, 3.05) is 0 Å². The van der Waals surface area contributed by atoms with Gasteiger partial charge in [-0.1, -0.05) is 33.0 Å². The van der Waals surface area contributed by atoms with Gasteiger partial charge in [-0.3, -0.25) is 0 Å². The molecule has 0 saturated heterocycles. The Morgan fingerprint density at radius 1 is 1.00 bits per heavy atom. The first-order valence-corrected chi connectivity index (χ1v) is 6.45. The first-order valence-electron chi connectivity index (χ1n) is 0.716. The van der Waals surface area contributed by atoms with Gasteiger partial charge < -0.3 is 0 Å². The Hall–Kier alpha value is 1.46. The fraction of sp³-hybridized carbons (Fsp3) is 0. The highest BCUT2D eigenvalue weighted by Gasteiger charge is 1.36. The average molecular weight is 128 g/mol. The lowest BCUT2D eigenvalue weighted by atomic mass is 29.6. The van der Waals surface area contributed by atoms with Gasteiger partial charge in [-0.25, -0.2) is 0 Å². The Balaban J connectivity index is 2.55. The summed E-state index contributed by atoms with van der Waals surface area (Å²) in [5, 5.41) is 0. The van der Waals surface area contributed by atoms with Gasteiger partial charge in [-0.15, -0.1) is 0 Å². The summed E-state index contributed by atoms with van der Waals surface area (Å²) in [4.78, 5) is 0. The minimum Gasteiger partial charge on any atom is -0.0778 e. The van der Waals surface area contributed by atoms with Crippen molar-refractivity contribution in [1.82, 2.24) is 0 Å². The molecule has 0 aromatic heterocycles. The van der Waals surface area contributed by atoms with Crippen LogP contribution in [0.1, 0.15) is 0 Å². The molecule has 0 bridgehead atoms. The fourth-order valence-electron chi connectivity index (χ4n) is 0. The first kappa shape index (κ1) is 5.46. The van der Waals surface area contributed by atoms with E-state index in [0.717, 1.165) is 0 Å². The highest BCUT2D eigenvalue weighted by molar-refractivity contribution is 8.34. The van der Waals surface area contributed by atoms with Crippen LogP contribution >= 0.6 is 33.0 Å². The maximum absolute atomic E-state index is 2.59. The molecule has 0 fully saturated rings. The van der Waals surface area contributed by atoms with Crippen LogP contribution in [0.5, 0.6) is 0 Å². The van der Waals surface area contributed by atoms with E-state index < -0.39 is 0 Å². The van der Waals surface area contributed by atoms with E-state index in [1.807, 2.05) is 0 Å². The second kappa shape index (κ2) is 4.46. The standard InChI is InChI=1S/H4P4/c1-3-4-2/h1-2H2. The van der Waals surface area contributed by atoms with Crippen LogP contribution in [0.3, 0.4) is 0 Å². The minimum atomic E-state index is 1.35. The van der Waals surface area contributed by atoms with Crippen LogP contribution in [-0.4, -0.2) is 0 Å². The Morgan fingerprint density at radius 2 is 1.25 bits per heavy atom. The third-order valence-electron chi connectivity index (χ3n) is 0.0667. The van der Waals surface area contributed by atoms with Crippen LogP contribution in [0.4, 0.5) is 0 Å². The zero-order valence-corrected chi connectivity index (χ0v) is 6.15. The minimum absolute atomic E-state index is 1.35. The maximum Gasteiger partial charge on any atom is -0.0507 e. The molecular formula is H4P4. The number of rotatable bonds is 0. The lowest BCUT2D eigenvalue weighted by Gasteiger charge is -1.47. The lowest BCUT2D eigenvalue weighted by Crippen LogP contribution is -0.552. The van der Waals surface area contributed by atoms with Gasteiger partial charge in [0.2, 0.25) is 0 Å². The number of hydrogen-bond donors (Lipinski definition) is 0. The van der Waals surface area contributed by atoms with E-state index in [9.17, 15) is 0 Å². The first-order chi connectivity index (χ1) is 1.91. The molecule has 0 radical (unpaired) electrons. The lowest BCUT2D eigenvalue weighted by molar-refractivity contribution is 5.51. The van der Waals surface area contributed by atoms with Crippen LogP contribution in [0.15, 0.2) is 0 Å². The summed E-state index contributed by atoms with van der Waals surface area (Å²) in [6.07, 6.45) is 0. The van der Waals surface area contributed by atoms with E-state index in [1.54, 1.807) is 0 Å². The average Bonchev–Trinajstić information content (AvgIpc) is 1.37. The fourth-order valence-corrected chi connectivity index (χ4v) is 0. The summed E-state index contributed by atoms with van der Waals surface area (Å²) in [5.41, 5.74) is 0. The van der Waals surface area contributed by atoms with Gasteiger partial charge in [0.15, 0.2) is 0 Å². The van der Waals surface area contributed by atoms with Gasteiger partial charge in [0.1, 0.15) is 0 Å². The maximum atomic E-state index is 2.59. The smallest absolute Gasteiger partial charge is 0.0507 e. The molecule has 0 heterocycles. The van der Waals surface area contributed by atoms with Crippen LogP contribution in [0.2, 0.25) is 0 Å². The van der Waals surface area contributed by atoms with Gasteiger partial charge in [-0.2, -0.15) is 0 Å². The van der Waals surface area contributed by atoms with E-state index in [2.05, 4.69) is 17.9 Å². The van der Waals surface area contributed by atoms with Gasteiger partial charge in [0.05, 0.1) is 0 Å². The molecule has 0 nitrogen and oxygen atoms in total. The van der Waals surface area contributed by atoms with Crippen molar-refractivity contribution < 1.29 is 0 Å². The molecule has 0 aliphatic rings. The quantitative estimate of drug-likeness (QED) is 0.439. The SMILES string of the molecule is PP=PP. The molecule has 24 valence electrons. The van der Waals surface area contributed by atoms with Gasteiger partial charge in [0.25, 0.3) is 0 Å².